The number of ether oxygens (including phenoxy) is 2. The molecule has 0 aromatic heterocycles. The Morgan fingerprint density at radius 3 is 2.80 bits per heavy atom. The van der Waals surface area contributed by atoms with Gasteiger partial charge in [0.25, 0.3) is 0 Å². The Labute approximate surface area is 90.2 Å². The molecule has 3 rings (SSSR count). The molecule has 15 heavy (non-hydrogen) atoms. The van der Waals surface area contributed by atoms with Gasteiger partial charge in [-0.1, -0.05) is 30.3 Å². The molecule has 2 nitrogen and oxygen atoms in total. The van der Waals surface area contributed by atoms with E-state index in [1.165, 1.54) is 12.0 Å². The number of benzene rings is 1. The summed E-state index contributed by atoms with van der Waals surface area (Å²) in [5.41, 5.74) is 1.26. The van der Waals surface area contributed by atoms with E-state index in [1.54, 1.807) is 0 Å². The standard InChI is InChI=1S/C13H16O2/c1-2-4-10(5-3-1)9-14-11-6-7-12-13(8-11)15-12/h1-5,11-13H,6-9H2/t11-,12+,13+/m1/s1. The first kappa shape index (κ1) is 9.37. The van der Waals surface area contributed by atoms with Crippen molar-refractivity contribution in [1.29, 1.82) is 0 Å². The van der Waals surface area contributed by atoms with Crippen LogP contribution in [0.1, 0.15) is 24.8 Å². The van der Waals surface area contributed by atoms with E-state index in [0.29, 0.717) is 18.3 Å². The van der Waals surface area contributed by atoms with Gasteiger partial charge >= 0.3 is 0 Å². The van der Waals surface area contributed by atoms with Gasteiger partial charge in [-0.25, -0.2) is 0 Å². The molecule has 0 bridgehead atoms. The number of rotatable bonds is 3. The summed E-state index contributed by atoms with van der Waals surface area (Å²) < 4.78 is 11.4. The first-order valence-electron chi connectivity index (χ1n) is 5.73. The summed E-state index contributed by atoms with van der Waals surface area (Å²) in [6, 6.07) is 10.4. The molecule has 0 unspecified atom stereocenters. The van der Waals surface area contributed by atoms with E-state index < -0.39 is 0 Å². The highest BCUT2D eigenvalue weighted by Gasteiger charge is 2.44. The Kier molecular flexibility index (Phi) is 2.47. The van der Waals surface area contributed by atoms with Crippen molar-refractivity contribution in [1.82, 2.24) is 0 Å². The van der Waals surface area contributed by atoms with Crippen LogP contribution in [-0.2, 0) is 16.1 Å². The second-order valence-electron chi connectivity index (χ2n) is 4.44. The Hall–Kier alpha value is -0.860. The quantitative estimate of drug-likeness (QED) is 0.706. The SMILES string of the molecule is c1ccc(CO[C@@H]2CC[C@@H]3O[C@H]3C2)cc1. The largest absolute Gasteiger partial charge is 0.373 e. The third-order valence-electron chi connectivity index (χ3n) is 3.28. The van der Waals surface area contributed by atoms with Crippen LogP contribution in [0.3, 0.4) is 0 Å². The van der Waals surface area contributed by atoms with Gasteiger partial charge in [0, 0.05) is 6.42 Å². The molecule has 80 valence electrons. The highest BCUT2D eigenvalue weighted by atomic mass is 16.6. The molecule has 0 amide bonds. The van der Waals surface area contributed by atoms with Crippen molar-refractivity contribution in [2.24, 2.45) is 0 Å². The molecule has 3 atom stereocenters. The lowest BCUT2D eigenvalue weighted by Gasteiger charge is -2.19. The molecule has 2 fully saturated rings. The summed E-state index contributed by atoms with van der Waals surface area (Å²) in [4.78, 5) is 0. The molecule has 0 N–H and O–H groups in total. The third kappa shape index (κ3) is 2.21. The van der Waals surface area contributed by atoms with Crippen LogP contribution >= 0.6 is 0 Å². The molecule has 1 saturated heterocycles. The van der Waals surface area contributed by atoms with Crippen molar-refractivity contribution in [3.8, 4) is 0 Å². The average molecular weight is 204 g/mol. The summed E-state index contributed by atoms with van der Waals surface area (Å²) in [5.74, 6) is 0. The van der Waals surface area contributed by atoms with E-state index >= 15 is 0 Å². The third-order valence-corrected chi connectivity index (χ3v) is 3.28. The highest BCUT2D eigenvalue weighted by Crippen LogP contribution is 2.37. The lowest BCUT2D eigenvalue weighted by atomic mass is 9.98. The van der Waals surface area contributed by atoms with Gasteiger partial charge in [0.05, 0.1) is 24.9 Å². The minimum absolute atomic E-state index is 0.411. The van der Waals surface area contributed by atoms with Crippen LogP contribution in [0, 0.1) is 0 Å². The van der Waals surface area contributed by atoms with E-state index in [9.17, 15) is 0 Å². The monoisotopic (exact) mass is 204 g/mol. The minimum Gasteiger partial charge on any atom is -0.373 e. The lowest BCUT2D eigenvalue weighted by molar-refractivity contribution is 0.0213. The maximum atomic E-state index is 5.89. The van der Waals surface area contributed by atoms with Crippen LogP contribution in [0.4, 0.5) is 0 Å². The predicted molar refractivity (Wildman–Crippen MR) is 57.5 cm³/mol. The van der Waals surface area contributed by atoms with Crippen LogP contribution in [0.2, 0.25) is 0 Å². The molecule has 0 spiro atoms. The fourth-order valence-corrected chi connectivity index (χ4v) is 2.31. The fourth-order valence-electron chi connectivity index (χ4n) is 2.31. The fraction of sp³-hybridized carbons (Fsp3) is 0.538. The van der Waals surface area contributed by atoms with Gasteiger partial charge < -0.3 is 9.47 Å². The summed E-state index contributed by atoms with van der Waals surface area (Å²) in [6.07, 6.45) is 4.94. The van der Waals surface area contributed by atoms with Crippen molar-refractivity contribution in [2.45, 2.75) is 44.2 Å². The smallest absolute Gasteiger partial charge is 0.0866 e. The molecule has 2 heteroatoms. The van der Waals surface area contributed by atoms with Crippen molar-refractivity contribution in [3.05, 3.63) is 35.9 Å². The molecule has 1 aromatic carbocycles. The molecule has 1 aromatic rings. The van der Waals surface area contributed by atoms with Crippen molar-refractivity contribution in [2.75, 3.05) is 0 Å². The van der Waals surface area contributed by atoms with Crippen LogP contribution in [-0.4, -0.2) is 18.3 Å². The van der Waals surface area contributed by atoms with Gasteiger partial charge in [0.1, 0.15) is 0 Å². The van der Waals surface area contributed by atoms with E-state index in [1.807, 2.05) is 6.07 Å². The summed E-state index contributed by atoms with van der Waals surface area (Å²) >= 11 is 0. The van der Waals surface area contributed by atoms with E-state index in [0.717, 1.165) is 19.4 Å². The van der Waals surface area contributed by atoms with Crippen LogP contribution in [0.15, 0.2) is 30.3 Å². The molecule has 1 heterocycles. The van der Waals surface area contributed by atoms with Gasteiger partial charge in [0.15, 0.2) is 0 Å². The predicted octanol–water partition coefficient (Wildman–Crippen LogP) is 2.52. The maximum absolute atomic E-state index is 5.89. The van der Waals surface area contributed by atoms with Gasteiger partial charge in [-0.05, 0) is 18.4 Å². The Morgan fingerprint density at radius 2 is 2.00 bits per heavy atom. The number of hydrogen-bond donors (Lipinski definition) is 0. The average Bonchev–Trinajstić information content (AvgIpc) is 3.06. The molecule has 0 radical (unpaired) electrons. The van der Waals surface area contributed by atoms with E-state index in [-0.39, 0.29) is 0 Å². The van der Waals surface area contributed by atoms with Crippen molar-refractivity contribution < 1.29 is 9.47 Å². The van der Waals surface area contributed by atoms with Crippen molar-refractivity contribution >= 4 is 0 Å². The van der Waals surface area contributed by atoms with E-state index in [4.69, 9.17) is 9.47 Å². The highest BCUT2D eigenvalue weighted by molar-refractivity contribution is 5.13. The maximum Gasteiger partial charge on any atom is 0.0866 e. The summed E-state index contributed by atoms with van der Waals surface area (Å²) in [5, 5.41) is 0. The van der Waals surface area contributed by atoms with Gasteiger partial charge in [-0.15, -0.1) is 0 Å². The Balaban J connectivity index is 1.49. The molecular formula is C13H16O2. The lowest BCUT2D eigenvalue weighted by Crippen LogP contribution is -2.21. The zero-order valence-electron chi connectivity index (χ0n) is 8.76. The number of fused-ring (bicyclic) bond motifs is 1. The number of epoxide rings is 1. The summed E-state index contributed by atoms with van der Waals surface area (Å²) in [6.45, 7) is 0.739. The van der Waals surface area contributed by atoms with Crippen molar-refractivity contribution in [3.63, 3.8) is 0 Å². The van der Waals surface area contributed by atoms with Gasteiger partial charge in [-0.2, -0.15) is 0 Å². The molecule has 2 aliphatic rings. The zero-order chi connectivity index (χ0) is 10.1. The van der Waals surface area contributed by atoms with Crippen LogP contribution in [0.5, 0.6) is 0 Å². The summed E-state index contributed by atoms with van der Waals surface area (Å²) in [7, 11) is 0. The molecule has 1 aliphatic heterocycles. The second-order valence-corrected chi connectivity index (χ2v) is 4.44. The van der Waals surface area contributed by atoms with Gasteiger partial charge in [0.2, 0.25) is 0 Å². The first-order valence-corrected chi connectivity index (χ1v) is 5.73. The Bertz CT molecular complexity index is 323. The van der Waals surface area contributed by atoms with Crippen LogP contribution < -0.4 is 0 Å². The van der Waals surface area contributed by atoms with Gasteiger partial charge in [-0.3, -0.25) is 0 Å². The molecule has 1 aliphatic carbocycles. The van der Waals surface area contributed by atoms with E-state index in [2.05, 4.69) is 24.3 Å². The van der Waals surface area contributed by atoms with Crippen LogP contribution in [0.25, 0.3) is 0 Å². The zero-order valence-corrected chi connectivity index (χ0v) is 8.76. The first-order chi connectivity index (χ1) is 7.42. The number of hydrogen-bond acceptors (Lipinski definition) is 2. The second kappa shape index (κ2) is 3.95. The minimum atomic E-state index is 0.411. The Morgan fingerprint density at radius 1 is 1.13 bits per heavy atom. The topological polar surface area (TPSA) is 21.8 Å². The normalized spacial score (nSPS) is 33.5. The molecular weight excluding hydrogens is 188 g/mol. The molecule has 1 saturated carbocycles.